The lowest BCUT2D eigenvalue weighted by Gasteiger charge is -2.28. The van der Waals surface area contributed by atoms with Crippen LogP contribution >= 0.6 is 0 Å². The van der Waals surface area contributed by atoms with Crippen molar-refractivity contribution in [3.8, 4) is 0 Å². The standard InChI is InChI=1S/C12H9N/c13-11-7-3-6-10-8-4-1-2-5-9(8)12(10)11/h1-6,13H,7H2. The third kappa shape index (κ3) is 0.738. The molecule has 0 radical (unpaired) electrons. The van der Waals surface area contributed by atoms with Gasteiger partial charge < -0.3 is 5.41 Å². The van der Waals surface area contributed by atoms with Gasteiger partial charge >= 0.3 is 0 Å². The molecule has 0 atom stereocenters. The van der Waals surface area contributed by atoms with Gasteiger partial charge in [0.25, 0.3) is 0 Å². The molecular weight excluding hydrogens is 158 g/mol. The molecule has 0 aromatic heterocycles. The molecule has 1 heteroatoms. The molecule has 0 fully saturated rings. The van der Waals surface area contributed by atoms with Crippen LogP contribution in [-0.2, 0) is 0 Å². The van der Waals surface area contributed by atoms with E-state index in [-0.39, 0.29) is 0 Å². The van der Waals surface area contributed by atoms with E-state index in [0.29, 0.717) is 0 Å². The van der Waals surface area contributed by atoms with Gasteiger partial charge in [0.2, 0.25) is 0 Å². The molecule has 0 saturated heterocycles. The zero-order valence-corrected chi connectivity index (χ0v) is 7.17. The van der Waals surface area contributed by atoms with Gasteiger partial charge in [0.05, 0.1) is 0 Å². The van der Waals surface area contributed by atoms with Gasteiger partial charge in [0, 0.05) is 17.7 Å². The first kappa shape index (κ1) is 6.84. The first-order valence-electron chi connectivity index (χ1n) is 4.46. The molecule has 1 nitrogen and oxygen atoms in total. The van der Waals surface area contributed by atoms with E-state index < -0.39 is 0 Å². The molecule has 1 aromatic rings. The lowest BCUT2D eigenvalue weighted by Crippen LogP contribution is -2.15. The summed E-state index contributed by atoms with van der Waals surface area (Å²) < 4.78 is 0. The minimum Gasteiger partial charge on any atom is -0.304 e. The summed E-state index contributed by atoms with van der Waals surface area (Å²) in [5, 5.41) is 7.80. The molecule has 1 N–H and O–H groups in total. The third-order valence-corrected chi connectivity index (χ3v) is 2.66. The van der Waals surface area contributed by atoms with Crippen LogP contribution in [0.1, 0.15) is 17.5 Å². The van der Waals surface area contributed by atoms with Gasteiger partial charge in [0.15, 0.2) is 0 Å². The van der Waals surface area contributed by atoms with E-state index in [0.717, 1.165) is 17.7 Å². The third-order valence-electron chi connectivity index (χ3n) is 2.66. The van der Waals surface area contributed by atoms with E-state index in [1.54, 1.807) is 0 Å². The Morgan fingerprint density at radius 3 is 2.69 bits per heavy atom. The highest BCUT2D eigenvalue weighted by Gasteiger charge is 2.27. The average Bonchev–Trinajstić information content (AvgIpc) is 2.14. The van der Waals surface area contributed by atoms with E-state index in [2.05, 4.69) is 30.4 Å². The average molecular weight is 167 g/mol. The SMILES string of the molecule is N=C1CC=CC2=C1c1ccccc12. The number of fused-ring (bicyclic) bond motifs is 3. The van der Waals surface area contributed by atoms with Gasteiger partial charge in [-0.1, -0.05) is 36.4 Å². The van der Waals surface area contributed by atoms with Crippen LogP contribution in [0.15, 0.2) is 36.4 Å². The predicted octanol–water partition coefficient (Wildman–Crippen LogP) is 2.89. The van der Waals surface area contributed by atoms with Crippen LogP contribution in [0, 0.1) is 5.41 Å². The van der Waals surface area contributed by atoms with Crippen molar-refractivity contribution in [3.63, 3.8) is 0 Å². The Balaban J connectivity index is 2.24. The second-order valence-corrected chi connectivity index (χ2v) is 3.42. The number of allylic oxidation sites excluding steroid dienone is 4. The van der Waals surface area contributed by atoms with Crippen molar-refractivity contribution in [2.24, 2.45) is 0 Å². The Morgan fingerprint density at radius 1 is 1.08 bits per heavy atom. The first-order chi connectivity index (χ1) is 6.38. The van der Waals surface area contributed by atoms with Crippen molar-refractivity contribution >= 4 is 16.9 Å². The lowest BCUT2D eigenvalue weighted by atomic mass is 9.75. The smallest absolute Gasteiger partial charge is 0.0436 e. The number of hydrogen-bond acceptors (Lipinski definition) is 1. The maximum Gasteiger partial charge on any atom is 0.0436 e. The van der Waals surface area contributed by atoms with E-state index in [1.807, 2.05) is 6.07 Å². The molecule has 2 aliphatic carbocycles. The highest BCUT2D eigenvalue weighted by Crippen LogP contribution is 2.43. The predicted molar refractivity (Wildman–Crippen MR) is 54.7 cm³/mol. The second kappa shape index (κ2) is 2.19. The minimum absolute atomic E-state index is 0.760. The zero-order valence-electron chi connectivity index (χ0n) is 7.17. The van der Waals surface area contributed by atoms with Gasteiger partial charge in [-0.3, -0.25) is 0 Å². The quantitative estimate of drug-likeness (QED) is 0.614. The van der Waals surface area contributed by atoms with Crippen LogP contribution in [0.2, 0.25) is 0 Å². The zero-order chi connectivity index (χ0) is 8.84. The van der Waals surface area contributed by atoms with Gasteiger partial charge in [-0.25, -0.2) is 0 Å². The minimum atomic E-state index is 0.760. The Bertz CT molecular complexity index is 464. The number of hydrogen-bond donors (Lipinski definition) is 1. The summed E-state index contributed by atoms with van der Waals surface area (Å²) >= 11 is 0. The van der Waals surface area contributed by atoms with Crippen LogP contribution in [0.25, 0.3) is 11.1 Å². The number of rotatable bonds is 0. The van der Waals surface area contributed by atoms with Crippen molar-refractivity contribution in [1.29, 1.82) is 5.41 Å². The fraction of sp³-hybridized carbons (Fsp3) is 0.0833. The van der Waals surface area contributed by atoms with Crippen LogP contribution in [0.5, 0.6) is 0 Å². The van der Waals surface area contributed by atoms with Crippen molar-refractivity contribution in [1.82, 2.24) is 0 Å². The monoisotopic (exact) mass is 167 g/mol. The lowest BCUT2D eigenvalue weighted by molar-refractivity contribution is 1.34. The summed E-state index contributed by atoms with van der Waals surface area (Å²) in [6.45, 7) is 0. The maximum absolute atomic E-state index is 7.80. The van der Waals surface area contributed by atoms with Crippen molar-refractivity contribution in [2.75, 3.05) is 0 Å². The van der Waals surface area contributed by atoms with Crippen molar-refractivity contribution in [2.45, 2.75) is 6.42 Å². The molecule has 2 aliphatic rings. The maximum atomic E-state index is 7.80. The molecule has 0 unspecified atom stereocenters. The topological polar surface area (TPSA) is 23.9 Å². The molecule has 0 spiro atoms. The summed E-state index contributed by atoms with van der Waals surface area (Å²) in [5.41, 5.74) is 5.74. The molecule has 3 rings (SSSR count). The second-order valence-electron chi connectivity index (χ2n) is 3.42. The fourth-order valence-corrected chi connectivity index (χ4v) is 2.05. The van der Waals surface area contributed by atoms with E-state index in [1.165, 1.54) is 16.7 Å². The molecule has 13 heavy (non-hydrogen) atoms. The fourth-order valence-electron chi connectivity index (χ4n) is 2.05. The van der Waals surface area contributed by atoms with Crippen LogP contribution < -0.4 is 0 Å². The number of benzene rings is 1. The molecule has 0 aliphatic heterocycles. The highest BCUT2D eigenvalue weighted by atomic mass is 14.5. The van der Waals surface area contributed by atoms with Crippen LogP contribution in [-0.4, -0.2) is 5.71 Å². The van der Waals surface area contributed by atoms with Crippen molar-refractivity contribution in [3.05, 3.63) is 47.5 Å². The Morgan fingerprint density at radius 2 is 1.85 bits per heavy atom. The van der Waals surface area contributed by atoms with Gasteiger partial charge in [-0.05, 0) is 16.7 Å². The van der Waals surface area contributed by atoms with E-state index in [4.69, 9.17) is 5.41 Å². The normalized spacial score (nSPS) is 18.0. The summed E-state index contributed by atoms with van der Waals surface area (Å²) in [6, 6.07) is 8.31. The van der Waals surface area contributed by atoms with Crippen molar-refractivity contribution < 1.29 is 0 Å². The molecule has 0 heterocycles. The Hall–Kier alpha value is -1.63. The molecule has 0 bridgehead atoms. The molecule has 0 saturated carbocycles. The summed E-state index contributed by atoms with van der Waals surface area (Å²) in [6.07, 6.45) is 4.99. The molecular formula is C12H9N. The van der Waals surface area contributed by atoms with Crippen LogP contribution in [0.3, 0.4) is 0 Å². The van der Waals surface area contributed by atoms with E-state index in [9.17, 15) is 0 Å². The number of nitrogens with one attached hydrogen (secondary N) is 1. The summed E-state index contributed by atoms with van der Waals surface area (Å²) in [4.78, 5) is 0. The molecule has 0 amide bonds. The summed E-state index contributed by atoms with van der Waals surface area (Å²) in [5.74, 6) is 0. The molecule has 62 valence electrons. The first-order valence-corrected chi connectivity index (χ1v) is 4.46. The largest absolute Gasteiger partial charge is 0.304 e. The van der Waals surface area contributed by atoms with Crippen LogP contribution in [0.4, 0.5) is 0 Å². The van der Waals surface area contributed by atoms with E-state index >= 15 is 0 Å². The highest BCUT2D eigenvalue weighted by molar-refractivity contribution is 6.37. The van der Waals surface area contributed by atoms with Gasteiger partial charge in [0.1, 0.15) is 0 Å². The Kier molecular flexibility index (Phi) is 1.15. The van der Waals surface area contributed by atoms with Gasteiger partial charge in [-0.2, -0.15) is 0 Å². The van der Waals surface area contributed by atoms with Gasteiger partial charge in [-0.15, -0.1) is 0 Å². The summed E-state index contributed by atoms with van der Waals surface area (Å²) in [7, 11) is 0. The molecule has 1 aromatic carbocycles. The Labute approximate surface area is 76.9 Å².